The van der Waals surface area contributed by atoms with Crippen molar-refractivity contribution in [2.45, 2.75) is 54.5 Å². The van der Waals surface area contributed by atoms with Crippen molar-refractivity contribution in [3.05, 3.63) is 29.8 Å². The highest BCUT2D eigenvalue weighted by molar-refractivity contribution is 7.96. The van der Waals surface area contributed by atoms with Gasteiger partial charge in [0.1, 0.15) is 12.0 Å². The summed E-state index contributed by atoms with van der Waals surface area (Å²) >= 11 is -1.68. The van der Waals surface area contributed by atoms with Crippen LogP contribution in [0, 0.1) is 0 Å². The third-order valence-electron chi connectivity index (χ3n) is 4.48. The largest absolute Gasteiger partial charge is 0.432 e. The molecule has 1 aromatic rings. The second kappa shape index (κ2) is 8.88. The van der Waals surface area contributed by atoms with Crippen LogP contribution in [0.25, 0.3) is 0 Å². The van der Waals surface area contributed by atoms with Crippen molar-refractivity contribution in [2.24, 2.45) is 0 Å². The van der Waals surface area contributed by atoms with Crippen molar-refractivity contribution in [1.82, 2.24) is 0 Å². The van der Waals surface area contributed by atoms with Gasteiger partial charge in [0, 0.05) is 5.69 Å². The molecule has 0 unspecified atom stereocenters. The van der Waals surface area contributed by atoms with Crippen LogP contribution in [0.3, 0.4) is 0 Å². The molecule has 0 spiro atoms. The maximum Gasteiger partial charge on any atom is 0.432 e. The molecule has 1 aromatic carbocycles. The van der Waals surface area contributed by atoms with Crippen molar-refractivity contribution in [2.75, 3.05) is 4.72 Å². The number of benzene rings is 1. The van der Waals surface area contributed by atoms with Crippen LogP contribution >= 0.6 is 12.0 Å². The van der Waals surface area contributed by atoms with Gasteiger partial charge in [0.2, 0.25) is 0 Å². The van der Waals surface area contributed by atoms with Crippen LogP contribution in [-0.2, 0) is 19.4 Å². The molecule has 2 rings (SSSR count). The lowest BCUT2D eigenvalue weighted by Crippen LogP contribution is -2.57. The minimum absolute atomic E-state index is 0.213. The molecule has 0 heterocycles. The first-order valence-corrected chi connectivity index (χ1v) is 10.5. The average Bonchev–Trinajstić information content (AvgIpc) is 2.67. The van der Waals surface area contributed by atoms with E-state index < -0.39 is 44.2 Å². The molecule has 166 valence electrons. The van der Waals surface area contributed by atoms with Crippen LogP contribution in [0.15, 0.2) is 24.3 Å². The summed E-state index contributed by atoms with van der Waals surface area (Å²) in [6.07, 6.45) is 4.93. The Balaban J connectivity index is 2.20. The number of alkyl halides is 6. The van der Waals surface area contributed by atoms with Crippen molar-refractivity contribution < 1.29 is 49.4 Å². The van der Waals surface area contributed by atoms with Gasteiger partial charge in [-0.1, -0.05) is 36.4 Å². The predicted molar refractivity (Wildman–Crippen MR) is 92.0 cm³/mol. The Morgan fingerprint density at radius 2 is 1.55 bits per heavy atom. The summed E-state index contributed by atoms with van der Waals surface area (Å²) in [6.45, 7) is 0. The summed E-state index contributed by atoms with van der Waals surface area (Å²) in [5.41, 5.74) is 0.333. The Bertz CT molecular complexity index is 785. The van der Waals surface area contributed by atoms with Gasteiger partial charge in [-0.15, -0.1) is 4.33 Å². The van der Waals surface area contributed by atoms with Gasteiger partial charge in [-0.2, -0.15) is 34.8 Å². The van der Waals surface area contributed by atoms with E-state index in [-0.39, 0.29) is 5.92 Å². The van der Waals surface area contributed by atoms with Crippen LogP contribution in [0.5, 0.6) is 0 Å². The lowest BCUT2D eigenvalue weighted by atomic mass is 9.84. The zero-order valence-corrected chi connectivity index (χ0v) is 16.2. The molecule has 0 saturated heterocycles. The molecular formula is C15H17F6NO5S2. The maximum absolute atomic E-state index is 13.9. The second-order valence-corrected chi connectivity index (χ2v) is 8.94. The molecule has 1 fully saturated rings. The normalized spacial score (nSPS) is 17.3. The maximum atomic E-state index is 13.9. The Hall–Kier alpha value is -1.22. The molecule has 0 aromatic heterocycles. The van der Waals surface area contributed by atoms with Crippen LogP contribution in [-0.4, -0.2) is 30.1 Å². The van der Waals surface area contributed by atoms with Crippen molar-refractivity contribution in [3.63, 3.8) is 0 Å². The molecule has 2 N–H and O–H groups in total. The van der Waals surface area contributed by atoms with Gasteiger partial charge in [0.15, 0.2) is 0 Å². The van der Waals surface area contributed by atoms with Gasteiger partial charge in [0.25, 0.3) is 0 Å². The van der Waals surface area contributed by atoms with Crippen molar-refractivity contribution in [1.29, 1.82) is 0 Å². The topological polar surface area (TPSA) is 84.9 Å². The summed E-state index contributed by atoms with van der Waals surface area (Å²) in [5, 5.41) is -1.61. The SMILES string of the molecule is O=S(=O)(Nc1ccc(C2CCCCC2)cc1)C(F)(F)C(F)(F)C(F)(F)SOOO. The van der Waals surface area contributed by atoms with E-state index in [0.717, 1.165) is 49.8 Å². The Morgan fingerprint density at radius 1 is 1.00 bits per heavy atom. The van der Waals surface area contributed by atoms with E-state index in [1.54, 1.807) is 0 Å². The van der Waals surface area contributed by atoms with E-state index in [2.05, 4.69) is 9.37 Å². The fourth-order valence-corrected chi connectivity index (χ4v) is 4.38. The van der Waals surface area contributed by atoms with E-state index in [0.29, 0.717) is 0 Å². The minimum atomic E-state index is -6.42. The number of nitrogens with one attached hydrogen (secondary N) is 1. The first-order valence-electron chi connectivity index (χ1n) is 8.27. The van der Waals surface area contributed by atoms with E-state index in [9.17, 15) is 34.8 Å². The molecule has 1 aliphatic rings. The molecule has 0 bridgehead atoms. The molecule has 0 aliphatic heterocycles. The monoisotopic (exact) mass is 469 g/mol. The molecular weight excluding hydrogens is 452 g/mol. The van der Waals surface area contributed by atoms with Crippen LogP contribution in [0.2, 0.25) is 0 Å². The fourth-order valence-electron chi connectivity index (χ4n) is 2.93. The van der Waals surface area contributed by atoms with E-state index in [4.69, 9.17) is 5.26 Å². The van der Waals surface area contributed by atoms with Crippen LogP contribution in [0.4, 0.5) is 32.0 Å². The highest BCUT2D eigenvalue weighted by Crippen LogP contribution is 2.53. The van der Waals surface area contributed by atoms with Gasteiger partial charge in [0.05, 0.1) is 0 Å². The minimum Gasteiger partial charge on any atom is -0.278 e. The molecule has 0 atom stereocenters. The Labute approximate surface area is 166 Å². The highest BCUT2D eigenvalue weighted by atomic mass is 32.2. The lowest BCUT2D eigenvalue weighted by molar-refractivity contribution is -0.434. The number of hydrogen-bond acceptors (Lipinski definition) is 6. The van der Waals surface area contributed by atoms with Gasteiger partial charge in [-0.3, -0.25) is 4.72 Å². The zero-order chi connectivity index (χ0) is 21.9. The Morgan fingerprint density at radius 3 is 2.07 bits per heavy atom. The highest BCUT2D eigenvalue weighted by Gasteiger charge is 2.78. The first kappa shape index (κ1) is 24.1. The van der Waals surface area contributed by atoms with Crippen molar-refractivity contribution in [3.8, 4) is 0 Å². The smallest absolute Gasteiger partial charge is 0.278 e. The molecule has 0 amide bonds. The summed E-state index contributed by atoms with van der Waals surface area (Å²) in [5.74, 6) is -6.21. The lowest BCUT2D eigenvalue weighted by Gasteiger charge is -2.30. The Kier molecular flexibility index (Phi) is 7.36. The van der Waals surface area contributed by atoms with Crippen LogP contribution < -0.4 is 4.72 Å². The van der Waals surface area contributed by atoms with E-state index in [1.165, 1.54) is 16.9 Å². The summed E-state index contributed by atoms with van der Waals surface area (Å²) in [7, 11) is -6.30. The number of hydrogen-bond donors (Lipinski definition) is 2. The molecule has 1 saturated carbocycles. The quantitative estimate of drug-likeness (QED) is 0.219. The second-order valence-electron chi connectivity index (χ2n) is 6.40. The third-order valence-corrected chi connectivity index (χ3v) is 6.51. The van der Waals surface area contributed by atoms with Gasteiger partial charge >= 0.3 is 26.5 Å². The molecule has 1 aliphatic carbocycles. The van der Waals surface area contributed by atoms with Gasteiger partial charge < -0.3 is 0 Å². The number of halogens is 6. The van der Waals surface area contributed by atoms with E-state index >= 15 is 0 Å². The predicted octanol–water partition coefficient (Wildman–Crippen LogP) is 5.37. The fraction of sp³-hybridized carbons (Fsp3) is 0.600. The van der Waals surface area contributed by atoms with Crippen molar-refractivity contribution >= 4 is 27.8 Å². The molecule has 29 heavy (non-hydrogen) atoms. The van der Waals surface area contributed by atoms with Gasteiger partial charge in [-0.25, -0.2) is 5.26 Å². The standard InChI is InChI=1S/C15H17F6NO5S2/c16-13(17,14(18,19)28-27-26-23)15(20,21)29(24,25)22-12-8-6-11(7-9-12)10-4-2-1-3-5-10/h6-10,22-23H,1-5H2. The first-order chi connectivity index (χ1) is 13.4. The third kappa shape index (κ3) is 4.93. The zero-order valence-electron chi connectivity index (χ0n) is 14.6. The molecule has 6 nitrogen and oxygen atoms in total. The number of rotatable bonds is 9. The number of sulfonamides is 1. The van der Waals surface area contributed by atoms with Gasteiger partial charge in [-0.05, 0) is 36.5 Å². The molecule has 0 radical (unpaired) electrons. The number of anilines is 1. The summed E-state index contributed by atoms with van der Waals surface area (Å²) in [6, 6.07) is 5.10. The summed E-state index contributed by atoms with van der Waals surface area (Å²) in [4.78, 5) is 0. The molecule has 14 heteroatoms. The van der Waals surface area contributed by atoms with Crippen LogP contribution in [0.1, 0.15) is 43.6 Å². The summed E-state index contributed by atoms with van der Waals surface area (Å²) < 4.78 is 110. The average molecular weight is 469 g/mol. The van der Waals surface area contributed by atoms with E-state index in [1.807, 2.05) is 0 Å².